The minimum atomic E-state index is -0.508. The predicted octanol–water partition coefficient (Wildman–Crippen LogP) is 6.00. The molecule has 1 nitrogen and oxygen atoms in total. The van der Waals surface area contributed by atoms with Crippen molar-refractivity contribution in [1.29, 1.82) is 0 Å². The van der Waals surface area contributed by atoms with Gasteiger partial charge < -0.3 is 0 Å². The monoisotopic (exact) mass is 363 g/mol. The lowest BCUT2D eigenvalue weighted by Gasteiger charge is -2.14. The lowest BCUT2D eigenvalue weighted by Crippen LogP contribution is -2.35. The largest absolute Gasteiger partial charge is 0.220 e. The topological polar surface area (TPSA) is 3.88 Å². The van der Waals surface area contributed by atoms with Gasteiger partial charge in [-0.05, 0) is 56.2 Å². The quantitative estimate of drug-likeness (QED) is 0.289. The Morgan fingerprint density at radius 3 is 2.26 bits per heavy atom. The number of benzene rings is 3. The van der Waals surface area contributed by atoms with Crippen molar-refractivity contribution >= 4 is 21.5 Å². The molecule has 4 aromatic rings. The number of hydrogen-bond acceptors (Lipinski definition) is 0. The third-order valence-electron chi connectivity index (χ3n) is 5.54. The Labute approximate surface area is 159 Å². The van der Waals surface area contributed by atoms with Crippen LogP contribution in [0.3, 0.4) is 0 Å². The Morgan fingerprint density at radius 2 is 1.52 bits per heavy atom. The number of aryl methyl sites for hydroxylation is 2. The Hall–Kier alpha value is -2.81. The second-order valence-electron chi connectivity index (χ2n) is 7.31. The highest BCUT2D eigenvalue weighted by molar-refractivity contribution is 6.11. The van der Waals surface area contributed by atoms with E-state index in [2.05, 4.69) is 26.0 Å². The van der Waals surface area contributed by atoms with Gasteiger partial charge in [0.1, 0.15) is 18.7 Å². The molecule has 3 aromatic carbocycles. The summed E-state index contributed by atoms with van der Waals surface area (Å²) in [5.41, 5.74) is 6.12. The average molecular weight is 363 g/mol. The van der Waals surface area contributed by atoms with Crippen molar-refractivity contribution in [2.45, 2.75) is 27.7 Å². The molecule has 0 saturated heterocycles. The van der Waals surface area contributed by atoms with Crippen LogP contribution in [0.2, 0.25) is 0 Å². The molecule has 0 aliphatic carbocycles. The molecule has 0 radical (unpaired) electrons. The van der Waals surface area contributed by atoms with Crippen molar-refractivity contribution < 1.29 is 14.7 Å². The summed E-state index contributed by atoms with van der Waals surface area (Å²) in [5, 5.41) is 1.59. The van der Waals surface area contributed by atoms with Gasteiger partial charge >= 0.3 is 0 Å². The second kappa shape index (κ2) is 6.12. The smallest absolute Gasteiger partial charge is 0.206 e. The van der Waals surface area contributed by atoms with Crippen LogP contribution in [0.5, 0.6) is 0 Å². The van der Waals surface area contributed by atoms with E-state index in [9.17, 15) is 8.78 Å². The van der Waals surface area contributed by atoms with Crippen LogP contribution in [-0.2, 0) is 7.05 Å². The van der Waals surface area contributed by atoms with E-state index in [1.807, 2.05) is 31.5 Å². The Morgan fingerprint density at radius 1 is 0.852 bits per heavy atom. The molecule has 0 aliphatic heterocycles. The summed E-state index contributed by atoms with van der Waals surface area (Å²) in [7, 11) is 1.92. The fourth-order valence-corrected chi connectivity index (χ4v) is 3.92. The number of hydrogen-bond donors (Lipinski definition) is 0. The van der Waals surface area contributed by atoms with Crippen LogP contribution >= 0.6 is 0 Å². The molecule has 0 spiro atoms. The third kappa shape index (κ3) is 2.61. The molecular formula is C24H22F2N+. The first-order chi connectivity index (χ1) is 13.2. The number of aromatic nitrogens is 1. The van der Waals surface area contributed by atoms with Crippen molar-refractivity contribution in [3.8, 4) is 11.3 Å². The molecular weight excluding hydrogens is 340 g/mol. The van der Waals surface area contributed by atoms with Gasteiger partial charge in [-0.15, -0.1) is 0 Å². The van der Waals surface area contributed by atoms with Crippen LogP contribution < -0.4 is 4.57 Å². The first kappa shape index (κ1) is 16.4. The van der Waals surface area contributed by atoms with Crippen molar-refractivity contribution in [2.24, 2.45) is 7.05 Å². The average Bonchev–Trinajstić information content (AvgIpc) is 2.66. The number of nitrogens with zero attached hydrogens (tertiary/aromatic N) is 1. The molecule has 0 saturated carbocycles. The van der Waals surface area contributed by atoms with E-state index < -0.39 is 11.6 Å². The number of halogens is 2. The molecule has 3 heteroatoms. The normalized spacial score (nSPS) is 12.0. The highest BCUT2D eigenvalue weighted by Crippen LogP contribution is 2.36. The summed E-state index contributed by atoms with van der Waals surface area (Å²) in [6.07, 6.45) is 0. The van der Waals surface area contributed by atoms with Crippen LogP contribution in [0.1, 0.15) is 23.8 Å². The van der Waals surface area contributed by atoms with E-state index in [-0.39, 0.29) is 16.8 Å². The molecule has 0 amide bonds. The number of pyridine rings is 1. The third-order valence-corrected chi connectivity index (χ3v) is 5.54. The molecule has 0 fully saturated rings. The van der Waals surface area contributed by atoms with Gasteiger partial charge in [0, 0.05) is 29.1 Å². The SMILES string of the molecule is [2H]c1c(C)[n+](C)c(-c2cc(C)cc(C)c2C)c2ccc3c(F)ccc(F)c3c12. The van der Waals surface area contributed by atoms with Crippen LogP contribution in [-0.4, -0.2) is 0 Å². The first-order valence-corrected chi connectivity index (χ1v) is 9.00. The Bertz CT molecular complexity index is 1290. The zero-order chi connectivity index (χ0) is 20.3. The zero-order valence-electron chi connectivity index (χ0n) is 17.2. The van der Waals surface area contributed by atoms with E-state index in [1.54, 1.807) is 6.07 Å². The van der Waals surface area contributed by atoms with E-state index in [0.717, 1.165) is 39.9 Å². The van der Waals surface area contributed by atoms with Crippen molar-refractivity contribution in [3.05, 3.63) is 76.5 Å². The maximum atomic E-state index is 14.8. The van der Waals surface area contributed by atoms with Crippen LogP contribution in [0.25, 0.3) is 32.8 Å². The Balaban J connectivity index is 2.30. The van der Waals surface area contributed by atoms with Crippen LogP contribution in [0.15, 0.2) is 42.4 Å². The van der Waals surface area contributed by atoms with E-state index in [0.29, 0.717) is 11.1 Å². The molecule has 0 unspecified atom stereocenters. The summed E-state index contributed by atoms with van der Waals surface area (Å²) >= 11 is 0. The van der Waals surface area contributed by atoms with Gasteiger partial charge in [0.2, 0.25) is 5.69 Å². The summed E-state index contributed by atoms with van der Waals surface area (Å²) in [6.45, 7) is 8.04. The molecule has 0 atom stereocenters. The standard InChI is InChI=1S/C24H22F2N/c1-13-10-14(2)16(4)19(11-13)24-17-6-7-18-21(25)8-9-22(26)23(18)20(17)12-15(3)27(24)5/h6-12H,1-5H3/q+1/i12D. The molecule has 136 valence electrons. The molecule has 0 bridgehead atoms. The van der Waals surface area contributed by atoms with Gasteiger partial charge in [-0.3, -0.25) is 0 Å². The van der Waals surface area contributed by atoms with Crippen LogP contribution in [0, 0.1) is 39.3 Å². The zero-order valence-corrected chi connectivity index (χ0v) is 16.2. The highest BCUT2D eigenvalue weighted by atomic mass is 19.1. The first-order valence-electron chi connectivity index (χ1n) is 9.50. The molecule has 4 rings (SSSR count). The van der Waals surface area contributed by atoms with Crippen molar-refractivity contribution in [3.63, 3.8) is 0 Å². The summed E-state index contributed by atoms with van der Waals surface area (Å²) in [4.78, 5) is 0. The fraction of sp³-hybridized carbons (Fsp3) is 0.208. The molecule has 0 aliphatic rings. The minimum Gasteiger partial charge on any atom is -0.206 e. The Kier molecular flexibility index (Phi) is 3.71. The number of fused-ring (bicyclic) bond motifs is 3. The highest BCUT2D eigenvalue weighted by Gasteiger charge is 2.23. The van der Waals surface area contributed by atoms with Gasteiger partial charge in [-0.25, -0.2) is 8.78 Å². The van der Waals surface area contributed by atoms with Gasteiger partial charge in [0.05, 0.1) is 12.3 Å². The summed E-state index contributed by atoms with van der Waals surface area (Å²) in [5.74, 6) is -0.987. The fourth-order valence-electron chi connectivity index (χ4n) is 3.92. The molecule has 1 heterocycles. The van der Waals surface area contributed by atoms with E-state index in [4.69, 9.17) is 1.37 Å². The van der Waals surface area contributed by atoms with Crippen molar-refractivity contribution in [2.75, 3.05) is 0 Å². The second-order valence-corrected chi connectivity index (χ2v) is 7.31. The lowest BCUT2D eigenvalue weighted by molar-refractivity contribution is -0.665. The van der Waals surface area contributed by atoms with Crippen molar-refractivity contribution in [1.82, 2.24) is 0 Å². The van der Waals surface area contributed by atoms with E-state index in [1.165, 1.54) is 5.56 Å². The number of rotatable bonds is 1. The van der Waals surface area contributed by atoms with Gasteiger partial charge in [-0.1, -0.05) is 17.7 Å². The summed E-state index contributed by atoms with van der Waals surface area (Å²) in [6, 6.07) is 10.2. The van der Waals surface area contributed by atoms with E-state index >= 15 is 0 Å². The van der Waals surface area contributed by atoms with Gasteiger partial charge in [0.15, 0.2) is 5.69 Å². The maximum absolute atomic E-state index is 14.8. The summed E-state index contributed by atoms with van der Waals surface area (Å²) < 4.78 is 39.8. The maximum Gasteiger partial charge on any atom is 0.220 e. The molecule has 0 N–H and O–H groups in total. The minimum absolute atomic E-state index is 0.175. The van der Waals surface area contributed by atoms with Gasteiger partial charge in [-0.2, -0.15) is 4.57 Å². The predicted molar refractivity (Wildman–Crippen MR) is 107 cm³/mol. The lowest BCUT2D eigenvalue weighted by atomic mass is 9.92. The molecule has 27 heavy (non-hydrogen) atoms. The molecule has 1 aromatic heterocycles. The van der Waals surface area contributed by atoms with Crippen LogP contribution in [0.4, 0.5) is 8.78 Å². The van der Waals surface area contributed by atoms with Gasteiger partial charge in [0.25, 0.3) is 0 Å².